The first-order chi connectivity index (χ1) is 11.1. The van der Waals surface area contributed by atoms with Crippen molar-refractivity contribution >= 4 is 11.8 Å². The number of nitrogens with zero attached hydrogens (tertiary/aromatic N) is 3. The number of carbonyl (C=O) groups is 2. The van der Waals surface area contributed by atoms with E-state index >= 15 is 0 Å². The average Bonchev–Trinajstić information content (AvgIpc) is 2.82. The van der Waals surface area contributed by atoms with Crippen LogP contribution in [-0.4, -0.2) is 58.0 Å². The summed E-state index contributed by atoms with van der Waals surface area (Å²) in [7, 11) is 0. The number of H-pyrrole nitrogens is 1. The molecule has 126 valence electrons. The van der Waals surface area contributed by atoms with Crippen molar-refractivity contribution in [2.24, 2.45) is 5.92 Å². The molecule has 2 amide bonds. The second-order valence-corrected chi connectivity index (χ2v) is 5.79. The molecular formula is C16H24N4O3. The molecule has 1 aliphatic heterocycles. The zero-order valence-corrected chi connectivity index (χ0v) is 13.7. The largest absolute Gasteiger partial charge is 0.341 e. The SMILES string of the molecule is CCC(CC)C(=O)N1CCCN(C(=O)c2ccc(=O)[nH]n2)CC1. The summed E-state index contributed by atoms with van der Waals surface area (Å²) in [6, 6.07) is 2.72. The van der Waals surface area contributed by atoms with Gasteiger partial charge in [-0.1, -0.05) is 13.8 Å². The van der Waals surface area contributed by atoms with Gasteiger partial charge in [0.25, 0.3) is 11.5 Å². The Balaban J connectivity index is 2.00. The van der Waals surface area contributed by atoms with Crippen LogP contribution in [0.15, 0.2) is 16.9 Å². The topological polar surface area (TPSA) is 86.4 Å². The van der Waals surface area contributed by atoms with Crippen LogP contribution in [-0.2, 0) is 4.79 Å². The molecule has 1 N–H and O–H groups in total. The molecule has 0 unspecified atom stereocenters. The first-order valence-corrected chi connectivity index (χ1v) is 8.20. The highest BCUT2D eigenvalue weighted by Crippen LogP contribution is 2.14. The molecule has 0 spiro atoms. The van der Waals surface area contributed by atoms with Crippen molar-refractivity contribution in [3.8, 4) is 0 Å². The average molecular weight is 320 g/mol. The van der Waals surface area contributed by atoms with Crippen LogP contribution in [0.5, 0.6) is 0 Å². The number of carbonyl (C=O) groups excluding carboxylic acids is 2. The Morgan fingerprint density at radius 1 is 1.13 bits per heavy atom. The first kappa shape index (κ1) is 17.2. The quantitative estimate of drug-likeness (QED) is 0.892. The second-order valence-electron chi connectivity index (χ2n) is 5.79. The number of hydrogen-bond acceptors (Lipinski definition) is 4. The van der Waals surface area contributed by atoms with Gasteiger partial charge in [-0.3, -0.25) is 14.4 Å². The maximum Gasteiger partial charge on any atom is 0.274 e. The smallest absolute Gasteiger partial charge is 0.274 e. The molecule has 0 bridgehead atoms. The number of nitrogens with one attached hydrogen (secondary N) is 1. The molecule has 1 aromatic rings. The standard InChI is InChI=1S/C16H24N4O3/c1-3-12(4-2)15(22)19-8-5-9-20(11-10-19)16(23)13-6-7-14(21)18-17-13/h6-7,12H,3-5,8-11H2,1-2H3,(H,18,21). The summed E-state index contributed by atoms with van der Waals surface area (Å²) >= 11 is 0. The summed E-state index contributed by atoms with van der Waals surface area (Å²) in [5, 5.41) is 6.06. The number of hydrogen-bond donors (Lipinski definition) is 1. The van der Waals surface area contributed by atoms with Crippen molar-refractivity contribution in [1.82, 2.24) is 20.0 Å². The van der Waals surface area contributed by atoms with Gasteiger partial charge in [-0.25, -0.2) is 5.10 Å². The van der Waals surface area contributed by atoms with Crippen LogP contribution in [0.1, 0.15) is 43.6 Å². The fourth-order valence-electron chi connectivity index (χ4n) is 2.86. The van der Waals surface area contributed by atoms with E-state index in [1.54, 1.807) is 4.90 Å². The molecule has 1 saturated heterocycles. The van der Waals surface area contributed by atoms with E-state index in [0.29, 0.717) is 26.2 Å². The Morgan fingerprint density at radius 3 is 2.39 bits per heavy atom. The Kier molecular flexibility index (Phi) is 5.90. The van der Waals surface area contributed by atoms with Crippen molar-refractivity contribution < 1.29 is 9.59 Å². The Bertz CT molecular complexity index is 589. The molecule has 2 rings (SSSR count). The van der Waals surface area contributed by atoms with Crippen LogP contribution >= 0.6 is 0 Å². The van der Waals surface area contributed by atoms with Gasteiger partial charge < -0.3 is 9.80 Å². The lowest BCUT2D eigenvalue weighted by Crippen LogP contribution is -2.40. The molecule has 0 radical (unpaired) electrons. The lowest BCUT2D eigenvalue weighted by molar-refractivity contribution is -0.135. The van der Waals surface area contributed by atoms with Gasteiger partial charge in [-0.05, 0) is 25.3 Å². The first-order valence-electron chi connectivity index (χ1n) is 8.20. The van der Waals surface area contributed by atoms with Gasteiger partial charge in [0.05, 0.1) is 0 Å². The summed E-state index contributed by atoms with van der Waals surface area (Å²) in [5.41, 5.74) is -0.108. The maximum atomic E-state index is 12.5. The van der Waals surface area contributed by atoms with Crippen LogP contribution < -0.4 is 5.56 Å². The highest BCUT2D eigenvalue weighted by molar-refractivity contribution is 5.92. The van der Waals surface area contributed by atoms with Gasteiger partial charge in [0.15, 0.2) is 0 Å². The lowest BCUT2D eigenvalue weighted by atomic mass is 10.0. The van der Waals surface area contributed by atoms with E-state index in [0.717, 1.165) is 19.3 Å². The Morgan fingerprint density at radius 2 is 1.78 bits per heavy atom. The van der Waals surface area contributed by atoms with Crippen molar-refractivity contribution in [3.63, 3.8) is 0 Å². The van der Waals surface area contributed by atoms with Gasteiger partial charge in [-0.2, -0.15) is 5.10 Å². The maximum absolute atomic E-state index is 12.5. The number of rotatable bonds is 4. The van der Waals surface area contributed by atoms with Crippen LogP contribution in [0.2, 0.25) is 0 Å². The zero-order valence-electron chi connectivity index (χ0n) is 13.7. The van der Waals surface area contributed by atoms with Gasteiger partial charge in [0, 0.05) is 38.2 Å². The van der Waals surface area contributed by atoms with Gasteiger partial charge in [-0.15, -0.1) is 0 Å². The summed E-state index contributed by atoms with van der Waals surface area (Å²) in [6.45, 7) is 6.36. The lowest BCUT2D eigenvalue weighted by Gasteiger charge is -2.25. The monoisotopic (exact) mass is 320 g/mol. The molecule has 0 atom stereocenters. The zero-order chi connectivity index (χ0) is 16.8. The predicted octanol–water partition coefficient (Wildman–Crippen LogP) is 0.881. The second kappa shape index (κ2) is 7.89. The van der Waals surface area contributed by atoms with Crippen molar-refractivity contribution in [2.45, 2.75) is 33.1 Å². The third-order valence-corrected chi connectivity index (χ3v) is 4.33. The molecule has 23 heavy (non-hydrogen) atoms. The fourth-order valence-corrected chi connectivity index (χ4v) is 2.86. The van der Waals surface area contributed by atoms with E-state index in [1.165, 1.54) is 12.1 Å². The minimum Gasteiger partial charge on any atom is -0.341 e. The molecule has 1 fully saturated rings. The number of amides is 2. The molecule has 7 nitrogen and oxygen atoms in total. The van der Waals surface area contributed by atoms with E-state index in [4.69, 9.17) is 0 Å². The van der Waals surface area contributed by atoms with Gasteiger partial charge in [0.1, 0.15) is 5.69 Å². The summed E-state index contributed by atoms with van der Waals surface area (Å²) in [4.78, 5) is 39.5. The van der Waals surface area contributed by atoms with Crippen molar-refractivity contribution in [2.75, 3.05) is 26.2 Å². The van der Waals surface area contributed by atoms with Crippen LogP contribution in [0.3, 0.4) is 0 Å². The molecular weight excluding hydrogens is 296 g/mol. The minimum atomic E-state index is -0.334. The van der Waals surface area contributed by atoms with Crippen molar-refractivity contribution in [1.29, 1.82) is 0 Å². The third kappa shape index (κ3) is 4.18. The van der Waals surface area contributed by atoms with E-state index in [2.05, 4.69) is 10.2 Å². The fraction of sp³-hybridized carbons (Fsp3) is 0.625. The highest BCUT2D eigenvalue weighted by Gasteiger charge is 2.26. The summed E-state index contributed by atoms with van der Waals surface area (Å²) in [5.74, 6) is 0.0441. The van der Waals surface area contributed by atoms with Crippen LogP contribution in [0.4, 0.5) is 0 Å². The molecule has 7 heteroatoms. The van der Waals surface area contributed by atoms with Gasteiger partial charge in [0.2, 0.25) is 5.91 Å². The van der Waals surface area contributed by atoms with Crippen LogP contribution in [0.25, 0.3) is 0 Å². The molecule has 0 aliphatic carbocycles. The summed E-state index contributed by atoms with van der Waals surface area (Å²) in [6.07, 6.45) is 2.44. The highest BCUT2D eigenvalue weighted by atomic mass is 16.2. The van der Waals surface area contributed by atoms with E-state index < -0.39 is 0 Å². The van der Waals surface area contributed by atoms with Gasteiger partial charge >= 0.3 is 0 Å². The molecule has 1 aliphatic rings. The summed E-state index contributed by atoms with van der Waals surface area (Å²) < 4.78 is 0. The normalized spacial score (nSPS) is 15.6. The number of aromatic amines is 1. The van der Waals surface area contributed by atoms with E-state index in [9.17, 15) is 14.4 Å². The Hall–Kier alpha value is -2.18. The molecule has 0 aromatic carbocycles. The van der Waals surface area contributed by atoms with Crippen molar-refractivity contribution in [3.05, 3.63) is 28.2 Å². The van der Waals surface area contributed by atoms with Crippen LogP contribution in [0, 0.1) is 5.92 Å². The van der Waals surface area contributed by atoms with E-state index in [1.807, 2.05) is 18.7 Å². The number of aromatic nitrogens is 2. The molecule has 2 heterocycles. The van der Waals surface area contributed by atoms with E-state index in [-0.39, 0.29) is 29.0 Å². The third-order valence-electron chi connectivity index (χ3n) is 4.33. The molecule has 0 saturated carbocycles. The minimum absolute atomic E-state index is 0.0677. The Labute approximate surface area is 135 Å². The molecule has 1 aromatic heterocycles. The predicted molar refractivity (Wildman–Crippen MR) is 86.0 cm³/mol.